The van der Waals surface area contributed by atoms with E-state index in [2.05, 4.69) is 29.5 Å². The molecule has 2 N–H and O–H groups in total. The van der Waals surface area contributed by atoms with E-state index in [1.807, 2.05) is 11.3 Å². The van der Waals surface area contributed by atoms with E-state index in [9.17, 15) is 0 Å². The first-order valence-corrected chi connectivity index (χ1v) is 7.12. The number of hydrogen-bond acceptors (Lipinski definition) is 3. The van der Waals surface area contributed by atoms with Crippen LogP contribution in [0.1, 0.15) is 24.1 Å². The summed E-state index contributed by atoms with van der Waals surface area (Å²) in [6.45, 7) is 1.95. The van der Waals surface area contributed by atoms with Crippen molar-refractivity contribution in [2.24, 2.45) is 11.7 Å². The molecular weight excluding hydrogens is 216 g/mol. The van der Waals surface area contributed by atoms with Crippen molar-refractivity contribution in [3.8, 4) is 0 Å². The van der Waals surface area contributed by atoms with Crippen LogP contribution in [-0.4, -0.2) is 31.1 Å². The standard InChI is InChI=1S/C13H22N2S/c1-15(8-7-12-6-3-9-16-12)13(10-14)11-4-2-5-11/h3,6,9,11,13H,2,4-5,7-8,10,14H2,1H3. The Kier molecular flexibility index (Phi) is 4.38. The molecule has 1 aliphatic rings. The summed E-state index contributed by atoms with van der Waals surface area (Å²) in [6, 6.07) is 4.96. The molecule has 1 heterocycles. The zero-order valence-electron chi connectivity index (χ0n) is 10.1. The maximum absolute atomic E-state index is 5.89. The molecule has 1 aliphatic carbocycles. The van der Waals surface area contributed by atoms with Crippen molar-refractivity contribution in [1.29, 1.82) is 0 Å². The van der Waals surface area contributed by atoms with Crippen molar-refractivity contribution < 1.29 is 0 Å². The Morgan fingerprint density at radius 3 is 2.88 bits per heavy atom. The molecule has 0 saturated heterocycles. The van der Waals surface area contributed by atoms with Crippen LogP contribution < -0.4 is 5.73 Å². The molecule has 0 aliphatic heterocycles. The van der Waals surface area contributed by atoms with Crippen LogP contribution in [0.3, 0.4) is 0 Å². The van der Waals surface area contributed by atoms with Gasteiger partial charge in [0.2, 0.25) is 0 Å². The molecule has 0 spiro atoms. The third kappa shape index (κ3) is 2.84. The van der Waals surface area contributed by atoms with E-state index in [0.29, 0.717) is 6.04 Å². The lowest BCUT2D eigenvalue weighted by Crippen LogP contribution is -2.46. The van der Waals surface area contributed by atoms with Crippen LogP contribution in [0.15, 0.2) is 17.5 Å². The molecule has 0 aromatic carbocycles. The lowest BCUT2D eigenvalue weighted by atomic mass is 9.79. The van der Waals surface area contributed by atoms with E-state index < -0.39 is 0 Å². The van der Waals surface area contributed by atoms with Crippen molar-refractivity contribution in [1.82, 2.24) is 4.90 Å². The summed E-state index contributed by atoms with van der Waals surface area (Å²) in [4.78, 5) is 3.94. The summed E-state index contributed by atoms with van der Waals surface area (Å²) in [5.41, 5.74) is 5.89. The number of rotatable bonds is 6. The average molecular weight is 238 g/mol. The largest absolute Gasteiger partial charge is 0.329 e. The number of hydrogen-bond donors (Lipinski definition) is 1. The molecule has 0 radical (unpaired) electrons. The smallest absolute Gasteiger partial charge is 0.0243 e. The van der Waals surface area contributed by atoms with E-state index in [1.165, 1.54) is 24.1 Å². The summed E-state index contributed by atoms with van der Waals surface area (Å²) in [7, 11) is 2.23. The van der Waals surface area contributed by atoms with Gasteiger partial charge < -0.3 is 10.6 Å². The van der Waals surface area contributed by atoms with Crippen molar-refractivity contribution in [3.05, 3.63) is 22.4 Å². The normalized spacial score (nSPS) is 18.7. The van der Waals surface area contributed by atoms with Gasteiger partial charge in [0.05, 0.1) is 0 Å². The zero-order valence-corrected chi connectivity index (χ0v) is 10.9. The van der Waals surface area contributed by atoms with Crippen LogP contribution in [0.2, 0.25) is 0 Å². The SMILES string of the molecule is CN(CCc1cccs1)C(CN)C1CCC1. The van der Waals surface area contributed by atoms with E-state index >= 15 is 0 Å². The predicted molar refractivity (Wildman–Crippen MR) is 70.8 cm³/mol. The van der Waals surface area contributed by atoms with Gasteiger partial charge in [-0.3, -0.25) is 0 Å². The minimum Gasteiger partial charge on any atom is -0.329 e. The third-order valence-corrected chi connectivity index (χ3v) is 4.73. The zero-order chi connectivity index (χ0) is 11.4. The molecule has 90 valence electrons. The molecule has 1 fully saturated rings. The Hall–Kier alpha value is -0.380. The van der Waals surface area contributed by atoms with Crippen molar-refractivity contribution >= 4 is 11.3 Å². The first-order chi connectivity index (χ1) is 7.81. The number of thiophene rings is 1. The Morgan fingerprint density at radius 1 is 1.56 bits per heavy atom. The first kappa shape index (κ1) is 12.1. The quantitative estimate of drug-likeness (QED) is 0.824. The van der Waals surface area contributed by atoms with Gasteiger partial charge in [-0.05, 0) is 43.7 Å². The number of nitrogens with zero attached hydrogens (tertiary/aromatic N) is 1. The van der Waals surface area contributed by atoms with Crippen LogP contribution >= 0.6 is 11.3 Å². The Labute approximate surface area is 102 Å². The topological polar surface area (TPSA) is 29.3 Å². The minimum atomic E-state index is 0.605. The van der Waals surface area contributed by atoms with E-state index in [4.69, 9.17) is 5.73 Å². The van der Waals surface area contributed by atoms with Gasteiger partial charge in [0.15, 0.2) is 0 Å². The molecular formula is C13H22N2S. The molecule has 1 atom stereocenters. The summed E-state index contributed by atoms with van der Waals surface area (Å²) in [5.74, 6) is 0.860. The van der Waals surface area contributed by atoms with Crippen molar-refractivity contribution in [2.45, 2.75) is 31.7 Å². The van der Waals surface area contributed by atoms with Crippen LogP contribution in [-0.2, 0) is 6.42 Å². The van der Waals surface area contributed by atoms with Crippen molar-refractivity contribution in [2.75, 3.05) is 20.1 Å². The highest BCUT2D eigenvalue weighted by Gasteiger charge is 2.28. The third-order valence-electron chi connectivity index (χ3n) is 3.79. The fourth-order valence-corrected chi connectivity index (χ4v) is 3.16. The molecule has 16 heavy (non-hydrogen) atoms. The van der Waals surface area contributed by atoms with Crippen molar-refractivity contribution in [3.63, 3.8) is 0 Å². The van der Waals surface area contributed by atoms with Gasteiger partial charge >= 0.3 is 0 Å². The fraction of sp³-hybridized carbons (Fsp3) is 0.692. The van der Waals surface area contributed by atoms with Crippen LogP contribution in [0.4, 0.5) is 0 Å². The second-order valence-electron chi connectivity index (χ2n) is 4.80. The predicted octanol–water partition coefficient (Wildman–Crippen LogP) is 2.35. The summed E-state index contributed by atoms with van der Waals surface area (Å²) < 4.78 is 0. The average Bonchev–Trinajstić information content (AvgIpc) is 2.72. The van der Waals surface area contributed by atoms with E-state index in [0.717, 1.165) is 25.4 Å². The van der Waals surface area contributed by atoms with E-state index in [1.54, 1.807) is 0 Å². The molecule has 0 amide bonds. The molecule has 2 rings (SSSR count). The molecule has 1 aromatic rings. The van der Waals surface area contributed by atoms with Gasteiger partial charge in [-0.2, -0.15) is 0 Å². The van der Waals surface area contributed by atoms with Gasteiger partial charge in [0.1, 0.15) is 0 Å². The van der Waals surface area contributed by atoms with Crippen LogP contribution in [0.25, 0.3) is 0 Å². The van der Waals surface area contributed by atoms with Crippen LogP contribution in [0.5, 0.6) is 0 Å². The second-order valence-corrected chi connectivity index (χ2v) is 5.84. The molecule has 0 bridgehead atoms. The monoisotopic (exact) mass is 238 g/mol. The molecule has 1 aromatic heterocycles. The minimum absolute atomic E-state index is 0.605. The lowest BCUT2D eigenvalue weighted by molar-refractivity contribution is 0.125. The second kappa shape index (κ2) is 5.80. The maximum atomic E-state index is 5.89. The van der Waals surface area contributed by atoms with Gasteiger partial charge in [-0.15, -0.1) is 11.3 Å². The fourth-order valence-electron chi connectivity index (χ4n) is 2.46. The van der Waals surface area contributed by atoms with Gasteiger partial charge in [-0.25, -0.2) is 0 Å². The lowest BCUT2D eigenvalue weighted by Gasteiger charge is -2.38. The first-order valence-electron chi connectivity index (χ1n) is 6.24. The van der Waals surface area contributed by atoms with Crippen LogP contribution in [0, 0.1) is 5.92 Å². The van der Waals surface area contributed by atoms with E-state index in [-0.39, 0.29) is 0 Å². The number of likely N-dealkylation sites (N-methyl/N-ethyl adjacent to an activating group) is 1. The Bertz CT molecular complexity index is 293. The number of nitrogens with two attached hydrogens (primary N) is 1. The molecule has 2 nitrogen and oxygen atoms in total. The van der Waals surface area contributed by atoms with Gasteiger partial charge in [-0.1, -0.05) is 12.5 Å². The Morgan fingerprint density at radius 2 is 2.38 bits per heavy atom. The van der Waals surface area contributed by atoms with Gasteiger partial charge in [0, 0.05) is 24.0 Å². The molecule has 1 unspecified atom stereocenters. The summed E-state index contributed by atoms with van der Waals surface area (Å²) in [6.07, 6.45) is 5.33. The van der Waals surface area contributed by atoms with Gasteiger partial charge in [0.25, 0.3) is 0 Å². The highest BCUT2D eigenvalue weighted by atomic mass is 32.1. The summed E-state index contributed by atoms with van der Waals surface area (Å²) in [5, 5.41) is 2.15. The highest BCUT2D eigenvalue weighted by Crippen LogP contribution is 2.31. The molecule has 3 heteroatoms. The molecule has 1 saturated carbocycles. The Balaban J connectivity index is 1.78. The highest BCUT2D eigenvalue weighted by molar-refractivity contribution is 7.09. The summed E-state index contributed by atoms with van der Waals surface area (Å²) >= 11 is 1.85. The maximum Gasteiger partial charge on any atom is 0.0243 e.